The van der Waals surface area contributed by atoms with Crippen molar-refractivity contribution in [1.82, 2.24) is 10.2 Å². The fraction of sp³-hybridized carbons (Fsp3) is 0.938. The molecule has 2 aliphatic rings. The number of rotatable bonds is 2. The van der Waals surface area contributed by atoms with E-state index in [1.165, 1.54) is 0 Å². The summed E-state index contributed by atoms with van der Waals surface area (Å²) in [6.07, 6.45) is 5.66. The number of hydrogen-bond acceptors (Lipinski definition) is 4. The lowest BCUT2D eigenvalue weighted by Crippen LogP contribution is -2.52. The van der Waals surface area contributed by atoms with Gasteiger partial charge in [-0.05, 0) is 65.8 Å². The van der Waals surface area contributed by atoms with Gasteiger partial charge in [-0.1, -0.05) is 0 Å². The maximum absolute atomic E-state index is 11.9. The minimum atomic E-state index is -0.446. The molecule has 0 bridgehead atoms. The third kappa shape index (κ3) is 5.47. The fourth-order valence-corrected chi connectivity index (χ4v) is 3.35. The number of amides is 1. The van der Waals surface area contributed by atoms with E-state index in [1.54, 1.807) is 0 Å². The molecule has 1 atom stereocenters. The molecule has 5 heteroatoms. The molecule has 0 aromatic carbocycles. The molecular formula is C16H30N2O3. The molecule has 1 saturated heterocycles. The zero-order valence-electron chi connectivity index (χ0n) is 13.6. The Labute approximate surface area is 128 Å². The maximum atomic E-state index is 11.9. The van der Waals surface area contributed by atoms with Crippen molar-refractivity contribution < 1.29 is 14.6 Å². The van der Waals surface area contributed by atoms with Gasteiger partial charge in [-0.3, -0.25) is 4.90 Å². The first-order valence-electron chi connectivity index (χ1n) is 8.25. The zero-order valence-corrected chi connectivity index (χ0v) is 13.6. The predicted molar refractivity (Wildman–Crippen MR) is 82.2 cm³/mol. The van der Waals surface area contributed by atoms with Crippen LogP contribution in [0.1, 0.15) is 59.3 Å². The Balaban J connectivity index is 1.79. The quantitative estimate of drug-likeness (QED) is 0.821. The van der Waals surface area contributed by atoms with Gasteiger partial charge in [0.2, 0.25) is 0 Å². The Morgan fingerprint density at radius 1 is 1.19 bits per heavy atom. The molecule has 1 aliphatic carbocycles. The van der Waals surface area contributed by atoms with Crippen LogP contribution < -0.4 is 5.32 Å². The minimum absolute atomic E-state index is 0.110. The summed E-state index contributed by atoms with van der Waals surface area (Å²) in [7, 11) is 0. The zero-order chi connectivity index (χ0) is 15.5. The summed E-state index contributed by atoms with van der Waals surface area (Å²) in [6.45, 7) is 7.65. The Hall–Kier alpha value is -0.810. The molecule has 0 unspecified atom stereocenters. The largest absolute Gasteiger partial charge is 0.444 e. The van der Waals surface area contributed by atoms with E-state index in [2.05, 4.69) is 10.2 Å². The number of piperidine rings is 1. The maximum Gasteiger partial charge on any atom is 0.407 e. The molecule has 0 aromatic rings. The van der Waals surface area contributed by atoms with E-state index >= 15 is 0 Å². The summed E-state index contributed by atoms with van der Waals surface area (Å²) in [5, 5.41) is 12.6. The van der Waals surface area contributed by atoms with Crippen LogP contribution in [0.4, 0.5) is 4.79 Å². The van der Waals surface area contributed by atoms with Crippen molar-refractivity contribution in [3.8, 4) is 0 Å². The molecule has 1 saturated carbocycles. The van der Waals surface area contributed by atoms with Gasteiger partial charge in [-0.2, -0.15) is 0 Å². The molecule has 122 valence electrons. The van der Waals surface area contributed by atoms with E-state index in [1.807, 2.05) is 20.8 Å². The van der Waals surface area contributed by atoms with Crippen molar-refractivity contribution in [2.45, 2.75) is 83.1 Å². The van der Waals surface area contributed by atoms with Crippen LogP contribution in [0.25, 0.3) is 0 Å². The number of aliphatic hydroxyl groups is 1. The summed E-state index contributed by atoms with van der Waals surface area (Å²) in [4.78, 5) is 14.4. The van der Waals surface area contributed by atoms with Crippen molar-refractivity contribution >= 4 is 6.09 Å². The Morgan fingerprint density at radius 3 is 2.48 bits per heavy atom. The Morgan fingerprint density at radius 2 is 1.86 bits per heavy atom. The number of carbonyl (C=O) groups excluding carboxylic acids is 1. The highest BCUT2D eigenvalue weighted by Crippen LogP contribution is 2.25. The standard InChI is InChI=1S/C16H30N2O3/c1-16(2,3)21-15(20)17-12-5-4-10-18(11-12)13-6-8-14(19)9-7-13/h12-14,19H,4-11H2,1-3H3,(H,17,20)/t12-,13?,14?/m1/s1. The molecule has 21 heavy (non-hydrogen) atoms. The van der Waals surface area contributed by atoms with Crippen LogP contribution in [0.2, 0.25) is 0 Å². The van der Waals surface area contributed by atoms with Crippen molar-refractivity contribution in [3.05, 3.63) is 0 Å². The topological polar surface area (TPSA) is 61.8 Å². The van der Waals surface area contributed by atoms with Gasteiger partial charge in [0.15, 0.2) is 0 Å². The van der Waals surface area contributed by atoms with E-state index in [9.17, 15) is 9.90 Å². The van der Waals surface area contributed by atoms with Crippen LogP contribution in [-0.2, 0) is 4.74 Å². The average molecular weight is 298 g/mol. The fourth-order valence-electron chi connectivity index (χ4n) is 3.35. The van der Waals surface area contributed by atoms with Gasteiger partial charge >= 0.3 is 6.09 Å². The van der Waals surface area contributed by atoms with Crippen LogP contribution in [0.15, 0.2) is 0 Å². The van der Waals surface area contributed by atoms with Crippen LogP contribution in [0.5, 0.6) is 0 Å². The smallest absolute Gasteiger partial charge is 0.407 e. The number of hydrogen-bond donors (Lipinski definition) is 2. The molecule has 1 aliphatic heterocycles. The Bertz CT molecular complexity index is 346. The van der Waals surface area contributed by atoms with Crippen molar-refractivity contribution in [1.29, 1.82) is 0 Å². The molecular weight excluding hydrogens is 268 g/mol. The molecule has 2 N–H and O–H groups in total. The lowest BCUT2D eigenvalue weighted by molar-refractivity contribution is 0.0387. The molecule has 0 aromatic heterocycles. The molecule has 0 radical (unpaired) electrons. The van der Waals surface area contributed by atoms with Crippen LogP contribution in [0, 0.1) is 0 Å². The summed E-state index contributed by atoms with van der Waals surface area (Å²) in [5.74, 6) is 0. The molecule has 5 nitrogen and oxygen atoms in total. The number of aliphatic hydroxyl groups excluding tert-OH is 1. The first-order chi connectivity index (χ1) is 9.83. The second kappa shape index (κ2) is 6.97. The lowest BCUT2D eigenvalue weighted by atomic mass is 9.90. The molecule has 1 amide bonds. The highest BCUT2D eigenvalue weighted by atomic mass is 16.6. The molecule has 1 heterocycles. The van der Waals surface area contributed by atoms with E-state index in [4.69, 9.17) is 4.74 Å². The third-order valence-electron chi connectivity index (χ3n) is 4.36. The Kier molecular flexibility index (Phi) is 5.49. The first-order valence-corrected chi connectivity index (χ1v) is 8.25. The number of nitrogens with zero attached hydrogens (tertiary/aromatic N) is 1. The first kappa shape index (κ1) is 16.6. The van der Waals surface area contributed by atoms with E-state index in [0.717, 1.165) is 51.6 Å². The SMILES string of the molecule is CC(C)(C)OC(=O)N[C@@H]1CCCN(C2CCC(O)CC2)C1. The van der Waals surface area contributed by atoms with Gasteiger partial charge in [-0.15, -0.1) is 0 Å². The normalized spacial score (nSPS) is 31.7. The van der Waals surface area contributed by atoms with Gasteiger partial charge in [0, 0.05) is 18.6 Å². The van der Waals surface area contributed by atoms with Crippen LogP contribution in [-0.4, -0.2) is 53.0 Å². The minimum Gasteiger partial charge on any atom is -0.444 e. The van der Waals surface area contributed by atoms with Gasteiger partial charge < -0.3 is 15.2 Å². The lowest BCUT2D eigenvalue weighted by Gasteiger charge is -2.41. The molecule has 2 fully saturated rings. The highest BCUT2D eigenvalue weighted by molar-refractivity contribution is 5.68. The highest BCUT2D eigenvalue weighted by Gasteiger charge is 2.30. The summed E-state index contributed by atoms with van der Waals surface area (Å²) in [5.41, 5.74) is -0.446. The number of carbonyl (C=O) groups is 1. The molecule has 0 spiro atoms. The number of likely N-dealkylation sites (tertiary alicyclic amines) is 1. The number of nitrogens with one attached hydrogen (secondary N) is 1. The van der Waals surface area contributed by atoms with E-state index in [-0.39, 0.29) is 18.2 Å². The predicted octanol–water partition coefficient (Wildman–Crippen LogP) is 2.28. The van der Waals surface area contributed by atoms with E-state index < -0.39 is 5.60 Å². The van der Waals surface area contributed by atoms with Crippen LogP contribution >= 0.6 is 0 Å². The van der Waals surface area contributed by atoms with E-state index in [0.29, 0.717) is 6.04 Å². The second-order valence-corrected chi connectivity index (χ2v) is 7.44. The van der Waals surface area contributed by atoms with Gasteiger partial charge in [0.1, 0.15) is 5.60 Å². The number of ether oxygens (including phenoxy) is 1. The average Bonchev–Trinajstić information content (AvgIpc) is 2.37. The summed E-state index contributed by atoms with van der Waals surface area (Å²) >= 11 is 0. The van der Waals surface area contributed by atoms with Crippen LogP contribution in [0.3, 0.4) is 0 Å². The van der Waals surface area contributed by atoms with Crippen molar-refractivity contribution in [2.24, 2.45) is 0 Å². The van der Waals surface area contributed by atoms with Crippen molar-refractivity contribution in [3.63, 3.8) is 0 Å². The second-order valence-electron chi connectivity index (χ2n) is 7.44. The monoisotopic (exact) mass is 298 g/mol. The summed E-state index contributed by atoms with van der Waals surface area (Å²) in [6, 6.07) is 0.747. The third-order valence-corrected chi connectivity index (χ3v) is 4.36. The summed E-state index contributed by atoms with van der Waals surface area (Å²) < 4.78 is 5.33. The number of alkyl carbamates (subject to hydrolysis) is 1. The van der Waals surface area contributed by atoms with Gasteiger partial charge in [-0.25, -0.2) is 4.79 Å². The van der Waals surface area contributed by atoms with Gasteiger partial charge in [0.25, 0.3) is 0 Å². The molecule has 2 rings (SSSR count). The van der Waals surface area contributed by atoms with Gasteiger partial charge in [0.05, 0.1) is 6.10 Å². The van der Waals surface area contributed by atoms with Crippen molar-refractivity contribution in [2.75, 3.05) is 13.1 Å².